The fourth-order valence-electron chi connectivity index (χ4n) is 1.97. The van der Waals surface area contributed by atoms with Crippen LogP contribution in [-0.2, 0) is 6.42 Å². The van der Waals surface area contributed by atoms with Crippen LogP contribution in [0.2, 0.25) is 0 Å². The van der Waals surface area contributed by atoms with Crippen LogP contribution in [0, 0.1) is 0 Å². The minimum Gasteiger partial charge on any atom is -0.338 e. The van der Waals surface area contributed by atoms with Crippen LogP contribution in [0.3, 0.4) is 0 Å². The summed E-state index contributed by atoms with van der Waals surface area (Å²) >= 11 is 5.76. The first-order valence-corrected chi connectivity index (χ1v) is 6.35. The Balaban J connectivity index is 2.06. The second-order valence-corrected chi connectivity index (χ2v) is 4.49. The van der Waals surface area contributed by atoms with Crippen LogP contribution in [0.4, 0.5) is 0 Å². The van der Waals surface area contributed by atoms with Crippen molar-refractivity contribution in [3.63, 3.8) is 0 Å². The molecule has 2 aromatic heterocycles. The van der Waals surface area contributed by atoms with E-state index in [2.05, 4.69) is 27.1 Å². The molecule has 0 aliphatic heterocycles. The molecule has 0 spiro atoms. The number of pyridine rings is 1. The number of fused-ring (bicyclic) bond motifs is 1. The van der Waals surface area contributed by atoms with E-state index >= 15 is 0 Å². The van der Waals surface area contributed by atoms with Crippen LogP contribution in [0.1, 0.15) is 5.56 Å². The van der Waals surface area contributed by atoms with Gasteiger partial charge in [0.05, 0.1) is 11.0 Å². The smallest absolute Gasteiger partial charge is 0.138 e. The number of hydrogen-bond acceptors (Lipinski definition) is 2. The van der Waals surface area contributed by atoms with Gasteiger partial charge in [0.15, 0.2) is 0 Å². The molecule has 4 heteroatoms. The number of rotatable bonds is 3. The highest BCUT2D eigenvalue weighted by atomic mass is 35.5. The van der Waals surface area contributed by atoms with E-state index < -0.39 is 0 Å². The molecule has 1 N–H and O–H groups in total. The Hall–Kier alpha value is -1.87. The molecule has 0 saturated carbocycles. The molecule has 2 heterocycles. The number of imidazole rings is 1. The molecule has 0 aliphatic carbocycles. The van der Waals surface area contributed by atoms with Crippen molar-refractivity contribution in [1.82, 2.24) is 15.0 Å². The van der Waals surface area contributed by atoms with Gasteiger partial charge in [0.1, 0.15) is 5.82 Å². The van der Waals surface area contributed by atoms with Crippen LogP contribution in [0.15, 0.2) is 42.7 Å². The molecule has 3 rings (SSSR count). The topological polar surface area (TPSA) is 41.6 Å². The van der Waals surface area contributed by atoms with Crippen molar-refractivity contribution >= 4 is 22.6 Å². The molecule has 3 aromatic rings. The normalized spacial score (nSPS) is 10.9. The van der Waals surface area contributed by atoms with Crippen molar-refractivity contribution in [3.05, 3.63) is 48.3 Å². The summed E-state index contributed by atoms with van der Waals surface area (Å²) in [6.07, 6.45) is 4.41. The summed E-state index contributed by atoms with van der Waals surface area (Å²) in [5.74, 6) is 1.51. The lowest BCUT2D eigenvalue weighted by Gasteiger charge is -1.96. The standard InChI is InChI=1S/C14H12ClN3/c15-6-3-10-1-2-12-13(9-10)18-14(17-12)11-4-7-16-8-5-11/h1-2,4-5,7-9H,3,6H2,(H,17,18). The maximum Gasteiger partial charge on any atom is 0.138 e. The van der Waals surface area contributed by atoms with E-state index in [-0.39, 0.29) is 0 Å². The van der Waals surface area contributed by atoms with E-state index in [9.17, 15) is 0 Å². The Morgan fingerprint density at radius 2 is 1.94 bits per heavy atom. The molecule has 18 heavy (non-hydrogen) atoms. The molecule has 90 valence electrons. The molecule has 0 saturated heterocycles. The van der Waals surface area contributed by atoms with Gasteiger partial charge in [0.2, 0.25) is 0 Å². The summed E-state index contributed by atoms with van der Waals surface area (Å²) in [6.45, 7) is 0. The molecule has 0 atom stereocenters. The quantitative estimate of drug-likeness (QED) is 0.731. The number of nitrogens with zero attached hydrogens (tertiary/aromatic N) is 2. The summed E-state index contributed by atoms with van der Waals surface area (Å²) in [5.41, 5.74) is 4.28. The Kier molecular flexibility index (Phi) is 2.99. The monoisotopic (exact) mass is 257 g/mol. The fraction of sp³-hybridized carbons (Fsp3) is 0.143. The summed E-state index contributed by atoms with van der Waals surface area (Å²) in [6, 6.07) is 10.1. The van der Waals surface area contributed by atoms with Gasteiger partial charge >= 0.3 is 0 Å². The van der Waals surface area contributed by atoms with Gasteiger partial charge < -0.3 is 4.98 Å². The lowest BCUT2D eigenvalue weighted by Crippen LogP contribution is -1.84. The van der Waals surface area contributed by atoms with Gasteiger partial charge in [0.25, 0.3) is 0 Å². The predicted octanol–water partition coefficient (Wildman–Crippen LogP) is 3.41. The van der Waals surface area contributed by atoms with Crippen molar-refractivity contribution in [1.29, 1.82) is 0 Å². The van der Waals surface area contributed by atoms with Crippen LogP contribution >= 0.6 is 11.6 Å². The van der Waals surface area contributed by atoms with Gasteiger partial charge in [-0.1, -0.05) is 6.07 Å². The zero-order valence-corrected chi connectivity index (χ0v) is 10.5. The molecule has 0 aliphatic rings. The van der Waals surface area contributed by atoms with Crippen molar-refractivity contribution in [2.24, 2.45) is 0 Å². The highest BCUT2D eigenvalue weighted by molar-refractivity contribution is 6.18. The summed E-state index contributed by atoms with van der Waals surface area (Å²) < 4.78 is 0. The maximum atomic E-state index is 5.76. The van der Waals surface area contributed by atoms with Crippen molar-refractivity contribution < 1.29 is 0 Å². The van der Waals surface area contributed by atoms with E-state index in [1.54, 1.807) is 12.4 Å². The molecular formula is C14H12ClN3. The van der Waals surface area contributed by atoms with E-state index in [1.165, 1.54) is 5.56 Å². The largest absolute Gasteiger partial charge is 0.338 e. The number of halogens is 1. The van der Waals surface area contributed by atoms with Gasteiger partial charge in [0, 0.05) is 23.8 Å². The highest BCUT2D eigenvalue weighted by Gasteiger charge is 2.05. The minimum absolute atomic E-state index is 0.636. The SMILES string of the molecule is ClCCc1ccc2nc(-c3ccncc3)[nH]c2c1. The van der Waals surface area contributed by atoms with Crippen LogP contribution in [0.5, 0.6) is 0 Å². The first kappa shape index (κ1) is 11.2. The average molecular weight is 258 g/mol. The van der Waals surface area contributed by atoms with E-state index in [4.69, 9.17) is 11.6 Å². The average Bonchev–Trinajstić information content (AvgIpc) is 2.83. The first-order valence-electron chi connectivity index (χ1n) is 5.82. The Morgan fingerprint density at radius 3 is 2.72 bits per heavy atom. The number of aromatic nitrogens is 3. The molecule has 0 bridgehead atoms. The Bertz CT molecular complexity index is 661. The predicted molar refractivity (Wildman–Crippen MR) is 73.7 cm³/mol. The number of hydrogen-bond donors (Lipinski definition) is 1. The molecule has 1 aromatic carbocycles. The molecular weight excluding hydrogens is 246 g/mol. The highest BCUT2D eigenvalue weighted by Crippen LogP contribution is 2.20. The van der Waals surface area contributed by atoms with E-state index in [0.29, 0.717) is 5.88 Å². The van der Waals surface area contributed by atoms with Crippen molar-refractivity contribution in [2.75, 3.05) is 5.88 Å². The second kappa shape index (κ2) is 4.78. The second-order valence-electron chi connectivity index (χ2n) is 4.11. The number of nitrogens with one attached hydrogen (secondary N) is 1. The molecule has 0 radical (unpaired) electrons. The van der Waals surface area contributed by atoms with Crippen LogP contribution < -0.4 is 0 Å². The number of aryl methyl sites for hydroxylation is 1. The van der Waals surface area contributed by atoms with Crippen LogP contribution in [-0.4, -0.2) is 20.8 Å². The van der Waals surface area contributed by atoms with Gasteiger partial charge in [-0.05, 0) is 36.2 Å². The summed E-state index contributed by atoms with van der Waals surface area (Å²) in [4.78, 5) is 11.9. The first-order chi connectivity index (χ1) is 8.86. The lowest BCUT2D eigenvalue weighted by molar-refractivity contribution is 1.15. The van der Waals surface area contributed by atoms with Gasteiger partial charge in [-0.2, -0.15) is 0 Å². The summed E-state index contributed by atoms with van der Waals surface area (Å²) in [7, 11) is 0. The Morgan fingerprint density at radius 1 is 1.11 bits per heavy atom. The third kappa shape index (κ3) is 2.09. The number of alkyl halides is 1. The number of benzene rings is 1. The minimum atomic E-state index is 0.636. The third-order valence-corrected chi connectivity index (χ3v) is 3.07. The maximum absolute atomic E-state index is 5.76. The van der Waals surface area contributed by atoms with Crippen LogP contribution in [0.25, 0.3) is 22.4 Å². The number of H-pyrrole nitrogens is 1. The molecule has 0 amide bonds. The lowest BCUT2D eigenvalue weighted by atomic mass is 10.1. The van der Waals surface area contributed by atoms with Gasteiger partial charge in [-0.25, -0.2) is 4.98 Å². The van der Waals surface area contributed by atoms with E-state index in [1.807, 2.05) is 18.2 Å². The molecule has 3 nitrogen and oxygen atoms in total. The third-order valence-electron chi connectivity index (χ3n) is 2.88. The van der Waals surface area contributed by atoms with E-state index in [0.717, 1.165) is 28.8 Å². The zero-order chi connectivity index (χ0) is 12.4. The van der Waals surface area contributed by atoms with Crippen molar-refractivity contribution in [2.45, 2.75) is 6.42 Å². The summed E-state index contributed by atoms with van der Waals surface area (Å²) in [5, 5.41) is 0. The zero-order valence-electron chi connectivity index (χ0n) is 9.73. The fourth-order valence-corrected chi connectivity index (χ4v) is 2.19. The van der Waals surface area contributed by atoms with Crippen molar-refractivity contribution in [3.8, 4) is 11.4 Å². The molecule has 0 unspecified atom stereocenters. The van der Waals surface area contributed by atoms with Gasteiger partial charge in [-0.3, -0.25) is 4.98 Å². The Labute approximate surface area is 110 Å². The number of aromatic amines is 1. The molecule has 0 fully saturated rings. The van der Waals surface area contributed by atoms with Gasteiger partial charge in [-0.15, -0.1) is 11.6 Å².